The third kappa shape index (κ3) is 3.40. The first-order valence-electron chi connectivity index (χ1n) is 6.61. The maximum atomic E-state index is 11.9. The van der Waals surface area contributed by atoms with E-state index >= 15 is 0 Å². The van der Waals surface area contributed by atoms with E-state index in [0.29, 0.717) is 13.0 Å². The normalized spacial score (nSPS) is 15.9. The van der Waals surface area contributed by atoms with Gasteiger partial charge in [-0.2, -0.15) is 0 Å². The Morgan fingerprint density at radius 2 is 2.05 bits per heavy atom. The molecule has 1 aliphatic rings. The van der Waals surface area contributed by atoms with E-state index in [1.807, 2.05) is 31.2 Å². The Bertz CT molecular complexity index is 487. The van der Waals surface area contributed by atoms with Gasteiger partial charge in [-0.25, -0.2) is 4.79 Å². The van der Waals surface area contributed by atoms with Gasteiger partial charge in [0.15, 0.2) is 0 Å². The molecule has 0 saturated carbocycles. The molecule has 108 valence electrons. The molecule has 3 amide bonds. The minimum atomic E-state index is -0.346. The number of ether oxygens (including phenoxy) is 1. The van der Waals surface area contributed by atoms with Crippen molar-refractivity contribution in [3.05, 3.63) is 24.3 Å². The number of carbonyl (C=O) groups is 2. The first kappa shape index (κ1) is 14.2. The van der Waals surface area contributed by atoms with E-state index in [-0.39, 0.29) is 18.1 Å². The summed E-state index contributed by atoms with van der Waals surface area (Å²) in [4.78, 5) is 24.6. The number of hydrogen-bond donors (Lipinski definition) is 2. The maximum Gasteiger partial charge on any atom is 0.325 e. The zero-order valence-corrected chi connectivity index (χ0v) is 11.7. The van der Waals surface area contributed by atoms with Crippen molar-refractivity contribution < 1.29 is 14.3 Å². The fourth-order valence-corrected chi connectivity index (χ4v) is 2.10. The molecule has 0 radical (unpaired) electrons. The van der Waals surface area contributed by atoms with Crippen LogP contribution in [0.4, 0.5) is 10.5 Å². The van der Waals surface area contributed by atoms with Crippen LogP contribution in [0.2, 0.25) is 0 Å². The molecule has 1 aromatic carbocycles. The topological polar surface area (TPSA) is 70.7 Å². The molecule has 2 rings (SSSR count). The molecule has 1 aliphatic heterocycles. The number of urea groups is 1. The lowest BCUT2D eigenvalue weighted by Gasteiger charge is -2.21. The number of amides is 3. The van der Waals surface area contributed by atoms with Crippen LogP contribution in [0.1, 0.15) is 19.8 Å². The van der Waals surface area contributed by atoms with Crippen LogP contribution in [-0.4, -0.2) is 36.7 Å². The summed E-state index contributed by atoms with van der Waals surface area (Å²) in [6.45, 7) is 2.32. The van der Waals surface area contributed by atoms with Gasteiger partial charge in [0.25, 0.3) is 0 Å². The summed E-state index contributed by atoms with van der Waals surface area (Å²) in [5.41, 5.74) is 0.867. The lowest BCUT2D eigenvalue weighted by molar-refractivity contribution is -0.125. The van der Waals surface area contributed by atoms with E-state index in [9.17, 15) is 9.59 Å². The molecule has 1 saturated heterocycles. The zero-order valence-electron chi connectivity index (χ0n) is 11.7. The molecule has 1 heterocycles. The quantitative estimate of drug-likeness (QED) is 0.823. The molecular weight excluding hydrogens is 258 g/mol. The molecule has 1 atom stereocenters. The van der Waals surface area contributed by atoms with Gasteiger partial charge in [-0.1, -0.05) is 0 Å². The molecule has 6 nitrogen and oxygen atoms in total. The summed E-state index contributed by atoms with van der Waals surface area (Å²) in [7, 11) is 1.61. The molecule has 20 heavy (non-hydrogen) atoms. The Labute approximate surface area is 118 Å². The van der Waals surface area contributed by atoms with Crippen LogP contribution in [-0.2, 0) is 4.79 Å². The average molecular weight is 277 g/mol. The summed E-state index contributed by atoms with van der Waals surface area (Å²) >= 11 is 0. The van der Waals surface area contributed by atoms with Crippen LogP contribution in [0.15, 0.2) is 24.3 Å². The second-order valence-electron chi connectivity index (χ2n) is 4.69. The van der Waals surface area contributed by atoms with Gasteiger partial charge in [-0.3, -0.25) is 9.69 Å². The van der Waals surface area contributed by atoms with Crippen LogP contribution in [0, 0.1) is 0 Å². The molecular formula is C14H19N3O3. The third-order valence-corrected chi connectivity index (χ3v) is 3.13. The average Bonchev–Trinajstić information content (AvgIpc) is 2.86. The number of rotatable bonds is 4. The number of hydrogen-bond acceptors (Lipinski definition) is 4. The third-order valence-electron chi connectivity index (χ3n) is 3.13. The first-order chi connectivity index (χ1) is 9.60. The van der Waals surface area contributed by atoms with Crippen molar-refractivity contribution in [2.24, 2.45) is 0 Å². The molecule has 0 aromatic heterocycles. The Kier molecular flexibility index (Phi) is 4.45. The Hall–Kier alpha value is -2.24. The minimum Gasteiger partial charge on any atom is -0.497 e. The number of imide groups is 1. The highest BCUT2D eigenvalue weighted by molar-refractivity contribution is 5.95. The molecule has 2 N–H and O–H groups in total. The van der Waals surface area contributed by atoms with Crippen LogP contribution in [0.3, 0.4) is 0 Å². The van der Waals surface area contributed by atoms with Gasteiger partial charge in [0.05, 0.1) is 13.3 Å². The van der Waals surface area contributed by atoms with Crippen LogP contribution in [0.25, 0.3) is 0 Å². The number of likely N-dealkylation sites (tertiary alicyclic amines) is 1. The Morgan fingerprint density at radius 3 is 2.60 bits per heavy atom. The number of nitrogens with one attached hydrogen (secondary N) is 2. The van der Waals surface area contributed by atoms with Crippen molar-refractivity contribution in [2.45, 2.75) is 25.9 Å². The number of methoxy groups -OCH3 is 1. The van der Waals surface area contributed by atoms with Gasteiger partial charge in [0.1, 0.15) is 5.75 Å². The highest BCUT2D eigenvalue weighted by Gasteiger charge is 2.26. The molecule has 0 aliphatic carbocycles. The van der Waals surface area contributed by atoms with E-state index in [2.05, 4.69) is 10.6 Å². The van der Waals surface area contributed by atoms with Gasteiger partial charge in [-0.05, 0) is 37.6 Å². The molecule has 0 spiro atoms. The van der Waals surface area contributed by atoms with Crippen LogP contribution < -0.4 is 15.4 Å². The maximum absolute atomic E-state index is 11.9. The Balaban J connectivity index is 1.86. The summed E-state index contributed by atoms with van der Waals surface area (Å²) < 4.78 is 5.08. The van der Waals surface area contributed by atoms with Gasteiger partial charge in [0, 0.05) is 18.7 Å². The lowest BCUT2D eigenvalue weighted by atomic mass is 10.3. The highest BCUT2D eigenvalue weighted by atomic mass is 16.5. The number of anilines is 1. The van der Waals surface area contributed by atoms with E-state index in [1.165, 1.54) is 4.90 Å². The molecule has 0 bridgehead atoms. The SMILES string of the molecule is COc1ccc(NC(C)NC(=O)N2CCCC2=O)cc1. The smallest absolute Gasteiger partial charge is 0.325 e. The molecule has 1 aromatic rings. The summed E-state index contributed by atoms with van der Waals surface area (Å²) in [5, 5.41) is 5.89. The predicted molar refractivity (Wildman–Crippen MR) is 75.6 cm³/mol. The van der Waals surface area contributed by atoms with Crippen LogP contribution in [0.5, 0.6) is 5.75 Å². The van der Waals surface area contributed by atoms with E-state index in [4.69, 9.17) is 4.74 Å². The monoisotopic (exact) mass is 277 g/mol. The van der Waals surface area contributed by atoms with Crippen molar-refractivity contribution in [3.63, 3.8) is 0 Å². The number of carbonyl (C=O) groups excluding carboxylic acids is 2. The van der Waals surface area contributed by atoms with E-state index < -0.39 is 0 Å². The van der Waals surface area contributed by atoms with Crippen molar-refractivity contribution in [1.82, 2.24) is 10.2 Å². The highest BCUT2D eigenvalue weighted by Crippen LogP contribution is 2.15. The van der Waals surface area contributed by atoms with E-state index in [1.54, 1.807) is 7.11 Å². The van der Waals surface area contributed by atoms with Crippen molar-refractivity contribution in [1.29, 1.82) is 0 Å². The van der Waals surface area contributed by atoms with Gasteiger partial charge >= 0.3 is 6.03 Å². The van der Waals surface area contributed by atoms with E-state index in [0.717, 1.165) is 17.9 Å². The molecule has 1 unspecified atom stereocenters. The summed E-state index contributed by atoms with van der Waals surface area (Å²) in [6.07, 6.45) is 0.921. The molecule has 1 fully saturated rings. The standard InChI is InChI=1S/C14H19N3O3/c1-10(15-11-5-7-12(20-2)8-6-11)16-14(19)17-9-3-4-13(17)18/h5-8,10,15H,3-4,9H2,1-2H3,(H,16,19). The molecule has 6 heteroatoms. The fourth-order valence-electron chi connectivity index (χ4n) is 2.10. The summed E-state index contributed by atoms with van der Waals surface area (Å²) in [5.74, 6) is 0.661. The predicted octanol–water partition coefficient (Wildman–Crippen LogP) is 1.79. The fraction of sp³-hybridized carbons (Fsp3) is 0.429. The van der Waals surface area contributed by atoms with Gasteiger partial charge < -0.3 is 15.4 Å². The van der Waals surface area contributed by atoms with Crippen molar-refractivity contribution in [2.75, 3.05) is 19.0 Å². The Morgan fingerprint density at radius 1 is 1.35 bits per heavy atom. The van der Waals surface area contributed by atoms with Crippen LogP contribution >= 0.6 is 0 Å². The first-order valence-corrected chi connectivity index (χ1v) is 6.61. The van der Waals surface area contributed by atoms with Gasteiger partial charge in [0.2, 0.25) is 5.91 Å². The zero-order chi connectivity index (χ0) is 14.5. The largest absolute Gasteiger partial charge is 0.497 e. The number of benzene rings is 1. The van der Waals surface area contributed by atoms with Crippen molar-refractivity contribution in [3.8, 4) is 5.75 Å². The second-order valence-corrected chi connectivity index (χ2v) is 4.69. The number of nitrogens with zero attached hydrogens (tertiary/aromatic N) is 1. The minimum absolute atomic E-state index is 0.112. The summed E-state index contributed by atoms with van der Waals surface area (Å²) in [6, 6.07) is 7.05. The van der Waals surface area contributed by atoms with Gasteiger partial charge in [-0.15, -0.1) is 0 Å². The lowest BCUT2D eigenvalue weighted by Crippen LogP contribution is -2.46. The second kappa shape index (κ2) is 6.27. The van der Waals surface area contributed by atoms with Crippen molar-refractivity contribution >= 4 is 17.6 Å².